The summed E-state index contributed by atoms with van der Waals surface area (Å²) in [6.45, 7) is 7.82. The quantitative estimate of drug-likeness (QED) is 0.481. The van der Waals surface area contributed by atoms with E-state index in [1.807, 2.05) is 13.8 Å². The minimum atomic E-state index is -0.374. The topological polar surface area (TPSA) is 52.9 Å². The lowest BCUT2D eigenvalue weighted by Gasteiger charge is -2.04. The molecule has 11 heavy (non-hydrogen) atoms. The third kappa shape index (κ3) is 4.15. The minimum Gasteiger partial charge on any atom is -0.351 e. The summed E-state index contributed by atoms with van der Waals surface area (Å²) < 4.78 is 0. The summed E-state index contributed by atoms with van der Waals surface area (Å²) in [5.41, 5.74) is -0.0364. The lowest BCUT2D eigenvalue weighted by atomic mass is 10.2. The zero-order valence-electron chi connectivity index (χ0n) is 6.85. The summed E-state index contributed by atoms with van der Waals surface area (Å²) in [5, 5.41) is 10.8. The Labute approximate surface area is 66.7 Å². The Morgan fingerprint density at radius 3 is 2.64 bits per heavy atom. The lowest BCUT2D eigenvalue weighted by Crippen LogP contribution is -2.27. The van der Waals surface area contributed by atoms with Crippen LogP contribution in [0, 0.1) is 17.2 Å². The SMILES string of the molecule is C=C(C#N)C(=O)NCC(C)C. The highest BCUT2D eigenvalue weighted by Gasteiger charge is 2.04. The standard InChI is InChI=1S/C8H12N2O/c1-6(2)5-10-8(11)7(3)4-9/h6H,3,5H2,1-2H3,(H,10,11). The summed E-state index contributed by atoms with van der Waals surface area (Å²) >= 11 is 0. The van der Waals surface area contributed by atoms with Crippen LogP contribution < -0.4 is 5.32 Å². The van der Waals surface area contributed by atoms with E-state index >= 15 is 0 Å². The summed E-state index contributed by atoms with van der Waals surface area (Å²) in [5.74, 6) is 0.0200. The van der Waals surface area contributed by atoms with Gasteiger partial charge in [0.15, 0.2) is 0 Å². The molecule has 1 amide bonds. The van der Waals surface area contributed by atoms with E-state index in [0.29, 0.717) is 12.5 Å². The third-order valence-electron chi connectivity index (χ3n) is 1.08. The van der Waals surface area contributed by atoms with Crippen LogP contribution in [0.4, 0.5) is 0 Å². The van der Waals surface area contributed by atoms with Gasteiger partial charge in [-0.2, -0.15) is 5.26 Å². The second-order valence-electron chi connectivity index (χ2n) is 2.69. The zero-order valence-corrected chi connectivity index (χ0v) is 6.85. The Hall–Kier alpha value is -1.30. The predicted octanol–water partition coefficient (Wildman–Crippen LogP) is 0.838. The lowest BCUT2D eigenvalue weighted by molar-refractivity contribution is -0.117. The molecule has 60 valence electrons. The molecule has 0 saturated carbocycles. The number of rotatable bonds is 3. The molecule has 0 heterocycles. The maximum Gasteiger partial charge on any atom is 0.261 e. The third-order valence-corrected chi connectivity index (χ3v) is 1.08. The Kier molecular flexibility index (Phi) is 3.97. The van der Waals surface area contributed by atoms with E-state index in [1.54, 1.807) is 6.07 Å². The van der Waals surface area contributed by atoms with E-state index in [0.717, 1.165) is 0 Å². The minimum absolute atomic E-state index is 0.0364. The molecule has 0 bridgehead atoms. The largest absolute Gasteiger partial charge is 0.351 e. The molecule has 0 saturated heterocycles. The Balaban J connectivity index is 3.73. The van der Waals surface area contributed by atoms with Gasteiger partial charge >= 0.3 is 0 Å². The van der Waals surface area contributed by atoms with Crippen LogP contribution in [-0.4, -0.2) is 12.5 Å². The molecule has 0 unspecified atom stereocenters. The van der Waals surface area contributed by atoms with E-state index in [4.69, 9.17) is 5.26 Å². The van der Waals surface area contributed by atoms with Gasteiger partial charge in [-0.3, -0.25) is 4.79 Å². The predicted molar refractivity (Wildman–Crippen MR) is 42.6 cm³/mol. The molecule has 0 fully saturated rings. The number of hydrogen-bond acceptors (Lipinski definition) is 2. The van der Waals surface area contributed by atoms with Crippen molar-refractivity contribution >= 4 is 5.91 Å². The Bertz CT molecular complexity index is 201. The van der Waals surface area contributed by atoms with Crippen LogP contribution in [0.15, 0.2) is 12.2 Å². The molecule has 3 nitrogen and oxygen atoms in total. The highest BCUT2D eigenvalue weighted by molar-refractivity contribution is 5.96. The molecule has 0 aromatic carbocycles. The molecular weight excluding hydrogens is 140 g/mol. The monoisotopic (exact) mass is 152 g/mol. The van der Waals surface area contributed by atoms with Crippen molar-refractivity contribution in [3.05, 3.63) is 12.2 Å². The van der Waals surface area contributed by atoms with E-state index in [-0.39, 0.29) is 11.5 Å². The van der Waals surface area contributed by atoms with Gasteiger partial charge in [-0.25, -0.2) is 0 Å². The van der Waals surface area contributed by atoms with Gasteiger partial charge < -0.3 is 5.32 Å². The van der Waals surface area contributed by atoms with Crippen molar-refractivity contribution in [3.63, 3.8) is 0 Å². The van der Waals surface area contributed by atoms with E-state index < -0.39 is 0 Å². The van der Waals surface area contributed by atoms with Crippen molar-refractivity contribution in [1.29, 1.82) is 5.26 Å². The Morgan fingerprint density at radius 2 is 2.27 bits per heavy atom. The molecule has 0 aromatic rings. The normalized spacial score (nSPS) is 8.91. The van der Waals surface area contributed by atoms with Gasteiger partial charge in [-0.15, -0.1) is 0 Å². The van der Waals surface area contributed by atoms with Crippen molar-refractivity contribution in [3.8, 4) is 6.07 Å². The highest BCUT2D eigenvalue weighted by atomic mass is 16.1. The summed E-state index contributed by atoms with van der Waals surface area (Å²) in [6.07, 6.45) is 0. The van der Waals surface area contributed by atoms with E-state index in [9.17, 15) is 4.79 Å². The molecule has 0 aliphatic heterocycles. The maximum atomic E-state index is 10.8. The number of amides is 1. The summed E-state index contributed by atoms with van der Waals surface area (Å²) in [4.78, 5) is 10.8. The molecular formula is C8H12N2O. The van der Waals surface area contributed by atoms with Gasteiger partial charge in [0.25, 0.3) is 5.91 Å². The van der Waals surface area contributed by atoms with Gasteiger partial charge in [0.05, 0.1) is 0 Å². The van der Waals surface area contributed by atoms with Gasteiger partial charge in [0.1, 0.15) is 11.6 Å². The Morgan fingerprint density at radius 1 is 1.73 bits per heavy atom. The smallest absolute Gasteiger partial charge is 0.261 e. The fraction of sp³-hybridized carbons (Fsp3) is 0.500. The zero-order chi connectivity index (χ0) is 8.85. The first-order valence-corrected chi connectivity index (χ1v) is 3.45. The van der Waals surface area contributed by atoms with Crippen molar-refractivity contribution in [2.45, 2.75) is 13.8 Å². The fourth-order valence-electron chi connectivity index (χ4n) is 0.454. The number of carbonyl (C=O) groups excluding carboxylic acids is 1. The number of nitrogens with one attached hydrogen (secondary N) is 1. The van der Waals surface area contributed by atoms with Crippen molar-refractivity contribution in [2.75, 3.05) is 6.54 Å². The number of hydrogen-bond donors (Lipinski definition) is 1. The van der Waals surface area contributed by atoms with Crippen molar-refractivity contribution in [1.82, 2.24) is 5.32 Å². The summed E-state index contributed by atoms with van der Waals surface area (Å²) in [6, 6.07) is 1.68. The van der Waals surface area contributed by atoms with Crippen LogP contribution in [-0.2, 0) is 4.79 Å². The number of nitriles is 1. The molecule has 3 heteroatoms. The van der Waals surface area contributed by atoms with Crippen LogP contribution in [0.5, 0.6) is 0 Å². The first-order chi connectivity index (χ1) is 5.07. The molecule has 1 N–H and O–H groups in total. The van der Waals surface area contributed by atoms with Gasteiger partial charge in [-0.05, 0) is 5.92 Å². The molecule has 0 aliphatic carbocycles. The van der Waals surface area contributed by atoms with Crippen LogP contribution in [0.25, 0.3) is 0 Å². The van der Waals surface area contributed by atoms with Crippen molar-refractivity contribution < 1.29 is 4.79 Å². The van der Waals surface area contributed by atoms with Crippen molar-refractivity contribution in [2.24, 2.45) is 5.92 Å². The molecule has 0 rings (SSSR count). The van der Waals surface area contributed by atoms with Gasteiger partial charge in [0, 0.05) is 6.54 Å². The molecule has 0 radical (unpaired) electrons. The first kappa shape index (κ1) is 9.70. The van der Waals surface area contributed by atoms with Crippen LogP contribution in [0.3, 0.4) is 0 Å². The number of nitrogens with zero attached hydrogens (tertiary/aromatic N) is 1. The van der Waals surface area contributed by atoms with Crippen LogP contribution >= 0.6 is 0 Å². The molecule has 0 aliphatic rings. The summed E-state index contributed by atoms with van der Waals surface area (Å²) in [7, 11) is 0. The van der Waals surface area contributed by atoms with Gasteiger partial charge in [0.2, 0.25) is 0 Å². The van der Waals surface area contributed by atoms with Gasteiger partial charge in [-0.1, -0.05) is 20.4 Å². The number of carbonyl (C=O) groups is 1. The van der Waals surface area contributed by atoms with Crippen LogP contribution in [0.1, 0.15) is 13.8 Å². The molecule has 0 spiro atoms. The molecule has 0 atom stereocenters. The average molecular weight is 152 g/mol. The molecule has 0 aromatic heterocycles. The fourth-order valence-corrected chi connectivity index (χ4v) is 0.454. The second-order valence-corrected chi connectivity index (χ2v) is 2.69. The first-order valence-electron chi connectivity index (χ1n) is 3.45. The van der Waals surface area contributed by atoms with E-state index in [1.165, 1.54) is 0 Å². The second kappa shape index (κ2) is 4.51. The average Bonchev–Trinajstić information content (AvgIpc) is 1.98. The van der Waals surface area contributed by atoms with Crippen LogP contribution in [0.2, 0.25) is 0 Å². The maximum absolute atomic E-state index is 10.8. The highest BCUT2D eigenvalue weighted by Crippen LogP contribution is 1.90. The van der Waals surface area contributed by atoms with E-state index in [2.05, 4.69) is 11.9 Å².